The molecular formula is C7H13F2NO. The van der Waals surface area contributed by atoms with Crippen molar-refractivity contribution in [2.75, 3.05) is 6.54 Å². The van der Waals surface area contributed by atoms with Crippen molar-refractivity contribution < 1.29 is 13.9 Å². The van der Waals surface area contributed by atoms with Gasteiger partial charge in [0.1, 0.15) is 0 Å². The van der Waals surface area contributed by atoms with Crippen LogP contribution < -0.4 is 0 Å². The monoisotopic (exact) mass is 165 g/mol. The van der Waals surface area contributed by atoms with E-state index < -0.39 is 18.6 Å². The number of alkyl halides is 2. The van der Waals surface area contributed by atoms with Gasteiger partial charge in [-0.15, -0.1) is 0 Å². The lowest BCUT2D eigenvalue weighted by Crippen LogP contribution is -2.29. The summed E-state index contributed by atoms with van der Waals surface area (Å²) in [5, 5.41) is 9.22. The largest absolute Gasteiger partial charge is 0.385 e. The van der Waals surface area contributed by atoms with Gasteiger partial charge in [-0.3, -0.25) is 4.99 Å². The van der Waals surface area contributed by atoms with Crippen LogP contribution in [0.15, 0.2) is 4.99 Å². The van der Waals surface area contributed by atoms with Crippen LogP contribution in [0.1, 0.15) is 20.8 Å². The van der Waals surface area contributed by atoms with E-state index in [1.807, 2.05) is 0 Å². The maximum atomic E-state index is 11.6. The first-order valence-electron chi connectivity index (χ1n) is 3.36. The van der Waals surface area contributed by atoms with Gasteiger partial charge in [-0.25, -0.2) is 8.78 Å². The highest BCUT2D eigenvalue weighted by molar-refractivity contribution is 5.89. The zero-order valence-electron chi connectivity index (χ0n) is 6.93. The molecule has 0 saturated carbocycles. The van der Waals surface area contributed by atoms with E-state index in [9.17, 15) is 13.9 Å². The fraction of sp³-hybridized carbons (Fsp3) is 0.857. The van der Waals surface area contributed by atoms with Crippen molar-refractivity contribution >= 4 is 5.71 Å². The van der Waals surface area contributed by atoms with E-state index in [1.54, 1.807) is 0 Å². The fourth-order valence-corrected chi connectivity index (χ4v) is 0.399. The Morgan fingerprint density at radius 3 is 2.27 bits per heavy atom. The van der Waals surface area contributed by atoms with E-state index in [0.717, 1.165) is 0 Å². The average Bonchev–Trinajstić information content (AvgIpc) is 1.80. The predicted octanol–water partition coefficient (Wildman–Crippen LogP) is 1.48. The van der Waals surface area contributed by atoms with Crippen LogP contribution >= 0.6 is 0 Å². The molecule has 0 saturated heterocycles. The summed E-state index contributed by atoms with van der Waals surface area (Å²) in [6, 6.07) is 0. The highest BCUT2D eigenvalue weighted by Gasteiger charge is 2.16. The average molecular weight is 165 g/mol. The second-order valence-corrected chi connectivity index (χ2v) is 2.88. The van der Waals surface area contributed by atoms with E-state index in [1.165, 1.54) is 20.8 Å². The van der Waals surface area contributed by atoms with Gasteiger partial charge in [-0.1, -0.05) is 0 Å². The normalized spacial score (nSPS) is 14.3. The Morgan fingerprint density at radius 2 is 2.00 bits per heavy atom. The number of aliphatic hydroxyl groups is 1. The molecule has 0 spiro atoms. The molecule has 0 aliphatic heterocycles. The Bertz CT molecular complexity index is 149. The van der Waals surface area contributed by atoms with Gasteiger partial charge in [0, 0.05) is 5.71 Å². The first-order valence-corrected chi connectivity index (χ1v) is 3.36. The van der Waals surface area contributed by atoms with Crippen molar-refractivity contribution in [3.05, 3.63) is 0 Å². The Kier molecular flexibility index (Phi) is 3.58. The van der Waals surface area contributed by atoms with Gasteiger partial charge < -0.3 is 5.11 Å². The van der Waals surface area contributed by atoms with E-state index in [4.69, 9.17) is 0 Å². The van der Waals surface area contributed by atoms with E-state index >= 15 is 0 Å². The van der Waals surface area contributed by atoms with E-state index in [-0.39, 0.29) is 0 Å². The number of hydrogen-bond donors (Lipinski definition) is 1. The highest BCUT2D eigenvalue weighted by Crippen LogP contribution is 2.05. The summed E-state index contributed by atoms with van der Waals surface area (Å²) >= 11 is 0. The molecule has 0 rings (SSSR count). The number of nitrogens with zero attached hydrogens (tertiary/aromatic N) is 1. The van der Waals surface area contributed by atoms with Gasteiger partial charge in [-0.05, 0) is 20.8 Å². The highest BCUT2D eigenvalue weighted by atomic mass is 19.3. The number of aliphatic imine (C=N–C) groups is 1. The zero-order chi connectivity index (χ0) is 9.07. The van der Waals surface area contributed by atoms with Crippen LogP contribution in [0.5, 0.6) is 0 Å². The molecule has 0 radical (unpaired) electrons. The minimum atomic E-state index is -2.44. The molecule has 0 fully saturated rings. The standard InChI is InChI=1S/C7H13F2NO/c1-5(7(2,3)11)10-4-6(8)9/h6,11H,4H2,1-3H3. The number of halogens is 2. The molecule has 1 N–H and O–H groups in total. The predicted molar refractivity (Wildman–Crippen MR) is 40.3 cm³/mol. The number of hydrogen-bond acceptors (Lipinski definition) is 2. The molecule has 0 bridgehead atoms. The summed E-state index contributed by atoms with van der Waals surface area (Å²) in [5.41, 5.74) is -0.757. The van der Waals surface area contributed by atoms with Crippen molar-refractivity contribution in [2.45, 2.75) is 32.8 Å². The van der Waals surface area contributed by atoms with Gasteiger partial charge in [0.05, 0.1) is 12.1 Å². The molecule has 0 aromatic carbocycles. The molecule has 0 amide bonds. The SMILES string of the molecule is CC(=NCC(F)F)C(C)(C)O. The summed E-state index contributed by atoms with van der Waals surface area (Å²) in [6.07, 6.45) is -2.44. The molecule has 0 aliphatic rings. The topological polar surface area (TPSA) is 32.6 Å². The third-order valence-electron chi connectivity index (χ3n) is 1.35. The molecule has 4 heteroatoms. The van der Waals surface area contributed by atoms with Gasteiger partial charge in [-0.2, -0.15) is 0 Å². The minimum Gasteiger partial charge on any atom is -0.385 e. The van der Waals surface area contributed by atoms with Gasteiger partial charge in [0.2, 0.25) is 0 Å². The van der Waals surface area contributed by atoms with Crippen molar-refractivity contribution in [1.82, 2.24) is 0 Å². The molecular weight excluding hydrogens is 152 g/mol. The summed E-state index contributed by atoms with van der Waals surface area (Å²) in [7, 11) is 0. The lowest BCUT2D eigenvalue weighted by Gasteiger charge is -2.16. The summed E-state index contributed by atoms with van der Waals surface area (Å²) in [5.74, 6) is 0. The number of rotatable bonds is 3. The summed E-state index contributed by atoms with van der Waals surface area (Å²) < 4.78 is 23.2. The Labute approximate surface area is 64.9 Å². The van der Waals surface area contributed by atoms with Crippen LogP contribution in [0.4, 0.5) is 8.78 Å². The lowest BCUT2D eigenvalue weighted by molar-refractivity contribution is 0.146. The quantitative estimate of drug-likeness (QED) is 0.631. The second-order valence-electron chi connectivity index (χ2n) is 2.88. The molecule has 66 valence electrons. The maximum Gasteiger partial charge on any atom is 0.257 e. The van der Waals surface area contributed by atoms with Crippen LogP contribution in [0.3, 0.4) is 0 Å². The van der Waals surface area contributed by atoms with Crippen molar-refractivity contribution in [1.29, 1.82) is 0 Å². The molecule has 0 heterocycles. The smallest absolute Gasteiger partial charge is 0.257 e. The Hall–Kier alpha value is -0.510. The third kappa shape index (κ3) is 4.84. The lowest BCUT2D eigenvalue weighted by atomic mass is 10.1. The minimum absolute atomic E-state index is 0.331. The van der Waals surface area contributed by atoms with Gasteiger partial charge in [0.25, 0.3) is 6.43 Å². The van der Waals surface area contributed by atoms with Crippen LogP contribution in [0.2, 0.25) is 0 Å². The van der Waals surface area contributed by atoms with E-state index in [0.29, 0.717) is 5.71 Å². The zero-order valence-corrected chi connectivity index (χ0v) is 6.93. The third-order valence-corrected chi connectivity index (χ3v) is 1.35. The fourth-order valence-electron chi connectivity index (χ4n) is 0.399. The first-order chi connectivity index (χ1) is 4.84. The molecule has 11 heavy (non-hydrogen) atoms. The van der Waals surface area contributed by atoms with Crippen molar-refractivity contribution in [3.63, 3.8) is 0 Å². The molecule has 0 unspecified atom stereocenters. The summed E-state index contributed by atoms with van der Waals surface area (Å²) in [6.45, 7) is 4.02. The van der Waals surface area contributed by atoms with Crippen molar-refractivity contribution in [3.8, 4) is 0 Å². The van der Waals surface area contributed by atoms with Crippen LogP contribution in [0.25, 0.3) is 0 Å². The Balaban J connectivity index is 4.02. The molecule has 2 nitrogen and oxygen atoms in total. The summed E-state index contributed by atoms with van der Waals surface area (Å²) in [4.78, 5) is 3.51. The van der Waals surface area contributed by atoms with E-state index in [2.05, 4.69) is 4.99 Å². The van der Waals surface area contributed by atoms with Crippen LogP contribution in [-0.4, -0.2) is 29.4 Å². The maximum absolute atomic E-state index is 11.6. The molecule has 0 atom stereocenters. The molecule has 0 aliphatic carbocycles. The van der Waals surface area contributed by atoms with Crippen LogP contribution in [-0.2, 0) is 0 Å². The van der Waals surface area contributed by atoms with Crippen LogP contribution in [0, 0.1) is 0 Å². The molecule has 0 aromatic heterocycles. The van der Waals surface area contributed by atoms with Gasteiger partial charge in [0.15, 0.2) is 0 Å². The Morgan fingerprint density at radius 1 is 1.55 bits per heavy atom. The van der Waals surface area contributed by atoms with Gasteiger partial charge >= 0.3 is 0 Å². The van der Waals surface area contributed by atoms with Crippen molar-refractivity contribution in [2.24, 2.45) is 4.99 Å². The first kappa shape index (κ1) is 10.5. The second kappa shape index (κ2) is 3.76. The molecule has 0 aromatic rings.